The Balaban J connectivity index is 1.74. The van der Waals surface area contributed by atoms with Crippen LogP contribution in [0.5, 0.6) is 0 Å². The Kier molecular flexibility index (Phi) is 3.70. The van der Waals surface area contributed by atoms with Gasteiger partial charge in [0.15, 0.2) is 0 Å². The summed E-state index contributed by atoms with van der Waals surface area (Å²) in [4.78, 5) is 15.8. The quantitative estimate of drug-likeness (QED) is 0.763. The van der Waals surface area contributed by atoms with Crippen molar-refractivity contribution in [3.05, 3.63) is 12.2 Å². The zero-order chi connectivity index (χ0) is 11.4. The molecule has 1 aliphatic rings. The zero-order valence-corrected chi connectivity index (χ0v) is 9.85. The lowest BCUT2D eigenvalue weighted by molar-refractivity contribution is -0.118. The number of hydrogen-bond donors (Lipinski definition) is 0. The lowest BCUT2D eigenvalue weighted by atomic mass is 9.99. The largest absolute Gasteiger partial charge is 0.299 e. The van der Waals surface area contributed by atoms with E-state index in [9.17, 15) is 4.79 Å². The second-order valence-electron chi connectivity index (χ2n) is 4.70. The SMILES string of the molecule is Cn1ncnc1CC(=O)CCC1CCCC1. The third-order valence-electron chi connectivity index (χ3n) is 3.47. The Morgan fingerprint density at radius 3 is 2.88 bits per heavy atom. The van der Waals surface area contributed by atoms with Gasteiger partial charge in [0.25, 0.3) is 0 Å². The van der Waals surface area contributed by atoms with Crippen LogP contribution in [0.1, 0.15) is 44.3 Å². The van der Waals surface area contributed by atoms with E-state index in [0.717, 1.165) is 18.2 Å². The first-order valence-electron chi connectivity index (χ1n) is 6.10. The van der Waals surface area contributed by atoms with Crippen LogP contribution in [0.4, 0.5) is 0 Å². The van der Waals surface area contributed by atoms with Crippen molar-refractivity contribution in [3.63, 3.8) is 0 Å². The van der Waals surface area contributed by atoms with Crippen molar-refractivity contribution in [2.24, 2.45) is 13.0 Å². The summed E-state index contributed by atoms with van der Waals surface area (Å²) in [6, 6.07) is 0. The summed E-state index contributed by atoms with van der Waals surface area (Å²) >= 11 is 0. The van der Waals surface area contributed by atoms with E-state index in [4.69, 9.17) is 0 Å². The standard InChI is InChI=1S/C12H19N3O/c1-15-12(13-9-14-15)8-11(16)7-6-10-4-2-3-5-10/h9-10H,2-8H2,1H3. The van der Waals surface area contributed by atoms with Crippen LogP contribution in [0.15, 0.2) is 6.33 Å². The van der Waals surface area contributed by atoms with E-state index in [1.54, 1.807) is 4.68 Å². The second-order valence-corrected chi connectivity index (χ2v) is 4.70. The predicted molar refractivity (Wildman–Crippen MR) is 60.9 cm³/mol. The molecule has 0 aliphatic heterocycles. The van der Waals surface area contributed by atoms with Gasteiger partial charge in [0.1, 0.15) is 17.9 Å². The number of Topliss-reactive ketones (excluding diaryl/α,β-unsaturated/α-hetero) is 1. The van der Waals surface area contributed by atoms with Crippen molar-refractivity contribution < 1.29 is 4.79 Å². The van der Waals surface area contributed by atoms with Crippen LogP contribution in [-0.2, 0) is 18.3 Å². The molecule has 0 bridgehead atoms. The minimum Gasteiger partial charge on any atom is -0.299 e. The summed E-state index contributed by atoms with van der Waals surface area (Å²) in [6.07, 6.45) is 9.04. The fourth-order valence-corrected chi connectivity index (χ4v) is 2.41. The molecule has 1 heterocycles. The van der Waals surface area contributed by atoms with Gasteiger partial charge in [-0.05, 0) is 12.3 Å². The normalized spacial score (nSPS) is 16.8. The van der Waals surface area contributed by atoms with Gasteiger partial charge in [-0.2, -0.15) is 5.10 Å². The van der Waals surface area contributed by atoms with Crippen LogP contribution >= 0.6 is 0 Å². The molecular weight excluding hydrogens is 202 g/mol. The fourth-order valence-electron chi connectivity index (χ4n) is 2.41. The van der Waals surface area contributed by atoms with Crippen LogP contribution < -0.4 is 0 Å². The van der Waals surface area contributed by atoms with E-state index in [0.29, 0.717) is 18.6 Å². The Hall–Kier alpha value is -1.19. The molecule has 1 fully saturated rings. The number of hydrogen-bond acceptors (Lipinski definition) is 3. The average Bonchev–Trinajstić information content (AvgIpc) is 2.88. The molecule has 0 saturated heterocycles. The van der Waals surface area contributed by atoms with Gasteiger partial charge in [-0.25, -0.2) is 4.98 Å². The number of rotatable bonds is 5. The minimum absolute atomic E-state index is 0.294. The number of aryl methyl sites for hydroxylation is 1. The number of carbonyl (C=O) groups is 1. The van der Waals surface area contributed by atoms with Crippen molar-refractivity contribution in [1.82, 2.24) is 14.8 Å². The molecule has 2 rings (SSSR count). The van der Waals surface area contributed by atoms with Crippen LogP contribution in [0.2, 0.25) is 0 Å². The summed E-state index contributed by atoms with van der Waals surface area (Å²) in [6.45, 7) is 0. The summed E-state index contributed by atoms with van der Waals surface area (Å²) in [5.74, 6) is 1.86. The Morgan fingerprint density at radius 2 is 2.25 bits per heavy atom. The summed E-state index contributed by atoms with van der Waals surface area (Å²) < 4.78 is 1.67. The van der Waals surface area contributed by atoms with E-state index in [1.165, 1.54) is 32.0 Å². The molecule has 0 radical (unpaired) electrons. The lowest BCUT2D eigenvalue weighted by Gasteiger charge is -2.07. The van der Waals surface area contributed by atoms with Crippen LogP contribution in [0.25, 0.3) is 0 Å². The molecule has 4 heteroatoms. The zero-order valence-electron chi connectivity index (χ0n) is 9.85. The molecule has 0 unspecified atom stereocenters. The first-order chi connectivity index (χ1) is 7.75. The molecule has 1 aliphatic carbocycles. The molecule has 1 aromatic heterocycles. The Morgan fingerprint density at radius 1 is 1.50 bits per heavy atom. The van der Waals surface area contributed by atoms with Gasteiger partial charge in [-0.1, -0.05) is 25.7 Å². The first kappa shape index (κ1) is 11.3. The van der Waals surface area contributed by atoms with Gasteiger partial charge in [0, 0.05) is 13.5 Å². The van der Waals surface area contributed by atoms with Gasteiger partial charge < -0.3 is 0 Å². The van der Waals surface area contributed by atoms with Crippen LogP contribution in [0, 0.1) is 5.92 Å². The molecule has 0 aromatic carbocycles. The predicted octanol–water partition coefficient (Wildman–Crippen LogP) is 1.90. The average molecular weight is 221 g/mol. The maximum Gasteiger partial charge on any atom is 0.140 e. The topological polar surface area (TPSA) is 47.8 Å². The number of nitrogens with zero attached hydrogens (tertiary/aromatic N) is 3. The van der Waals surface area contributed by atoms with E-state index in [2.05, 4.69) is 10.1 Å². The van der Waals surface area contributed by atoms with Crippen molar-refractivity contribution in [3.8, 4) is 0 Å². The summed E-state index contributed by atoms with van der Waals surface area (Å²) in [5, 5.41) is 3.96. The van der Waals surface area contributed by atoms with Crippen molar-refractivity contribution >= 4 is 5.78 Å². The van der Waals surface area contributed by atoms with Gasteiger partial charge >= 0.3 is 0 Å². The molecule has 4 nitrogen and oxygen atoms in total. The van der Waals surface area contributed by atoms with Crippen LogP contribution in [0.3, 0.4) is 0 Å². The van der Waals surface area contributed by atoms with Crippen molar-refractivity contribution in [2.75, 3.05) is 0 Å². The molecule has 1 saturated carbocycles. The molecule has 0 amide bonds. The smallest absolute Gasteiger partial charge is 0.140 e. The van der Waals surface area contributed by atoms with E-state index in [1.807, 2.05) is 7.05 Å². The van der Waals surface area contributed by atoms with E-state index >= 15 is 0 Å². The number of aromatic nitrogens is 3. The lowest BCUT2D eigenvalue weighted by Crippen LogP contribution is -2.09. The van der Waals surface area contributed by atoms with Gasteiger partial charge in [0.05, 0.1) is 6.42 Å². The molecule has 1 aromatic rings. The monoisotopic (exact) mass is 221 g/mol. The number of carbonyl (C=O) groups excluding carboxylic acids is 1. The third-order valence-corrected chi connectivity index (χ3v) is 3.47. The van der Waals surface area contributed by atoms with E-state index in [-0.39, 0.29) is 0 Å². The van der Waals surface area contributed by atoms with Crippen molar-refractivity contribution in [2.45, 2.75) is 44.9 Å². The third kappa shape index (κ3) is 2.90. The van der Waals surface area contributed by atoms with E-state index < -0.39 is 0 Å². The molecule has 88 valence electrons. The molecule has 0 spiro atoms. The first-order valence-corrected chi connectivity index (χ1v) is 6.10. The molecule has 0 N–H and O–H groups in total. The Labute approximate surface area is 96.1 Å². The minimum atomic E-state index is 0.294. The molecule has 0 atom stereocenters. The maximum absolute atomic E-state index is 11.7. The highest BCUT2D eigenvalue weighted by Crippen LogP contribution is 2.28. The Bertz CT molecular complexity index is 353. The summed E-state index contributed by atoms with van der Waals surface area (Å²) in [7, 11) is 1.83. The summed E-state index contributed by atoms with van der Waals surface area (Å²) in [5.41, 5.74) is 0. The van der Waals surface area contributed by atoms with Gasteiger partial charge in [0.2, 0.25) is 0 Å². The fraction of sp³-hybridized carbons (Fsp3) is 0.750. The maximum atomic E-state index is 11.7. The van der Waals surface area contributed by atoms with Gasteiger partial charge in [-0.3, -0.25) is 9.48 Å². The van der Waals surface area contributed by atoms with Crippen molar-refractivity contribution in [1.29, 1.82) is 0 Å². The molecular formula is C12H19N3O. The highest BCUT2D eigenvalue weighted by molar-refractivity contribution is 5.80. The number of ketones is 1. The highest BCUT2D eigenvalue weighted by Gasteiger charge is 2.16. The highest BCUT2D eigenvalue weighted by atomic mass is 16.1. The van der Waals surface area contributed by atoms with Gasteiger partial charge in [-0.15, -0.1) is 0 Å². The molecule has 16 heavy (non-hydrogen) atoms. The van der Waals surface area contributed by atoms with Crippen LogP contribution in [-0.4, -0.2) is 20.5 Å². The second kappa shape index (κ2) is 5.23.